The Bertz CT molecular complexity index is 170. The standard InChI is InChI=1S/C14H31N3/c1-14(2)16(3)10-6-8-15-9-7-13-17-11-4-5-12-17/h14-15H,4-13H2,1-3H3. The summed E-state index contributed by atoms with van der Waals surface area (Å²) in [5.41, 5.74) is 0. The van der Waals surface area contributed by atoms with Gasteiger partial charge in [0, 0.05) is 6.04 Å². The molecule has 0 aromatic heterocycles. The molecule has 0 aliphatic carbocycles. The molecule has 1 aliphatic rings. The fraction of sp³-hybridized carbons (Fsp3) is 1.00. The molecule has 0 atom stereocenters. The molecule has 1 N–H and O–H groups in total. The Hall–Kier alpha value is -0.120. The molecule has 102 valence electrons. The van der Waals surface area contributed by atoms with Gasteiger partial charge in [0.15, 0.2) is 0 Å². The molecule has 0 aromatic rings. The van der Waals surface area contributed by atoms with Crippen LogP contribution in [0, 0.1) is 0 Å². The van der Waals surface area contributed by atoms with Gasteiger partial charge in [0.05, 0.1) is 0 Å². The molecule has 0 saturated carbocycles. The molecule has 0 amide bonds. The fourth-order valence-electron chi connectivity index (χ4n) is 2.27. The normalized spacial score (nSPS) is 17.5. The number of hydrogen-bond donors (Lipinski definition) is 1. The van der Waals surface area contributed by atoms with Gasteiger partial charge in [-0.05, 0) is 85.8 Å². The van der Waals surface area contributed by atoms with E-state index in [9.17, 15) is 0 Å². The topological polar surface area (TPSA) is 18.5 Å². The van der Waals surface area contributed by atoms with E-state index in [1.807, 2.05) is 0 Å². The minimum atomic E-state index is 0.671. The third kappa shape index (κ3) is 7.02. The van der Waals surface area contributed by atoms with Crippen molar-refractivity contribution < 1.29 is 0 Å². The zero-order valence-electron chi connectivity index (χ0n) is 12.0. The van der Waals surface area contributed by atoms with E-state index < -0.39 is 0 Å². The zero-order chi connectivity index (χ0) is 12.5. The van der Waals surface area contributed by atoms with Gasteiger partial charge in [0.2, 0.25) is 0 Å². The van der Waals surface area contributed by atoms with Crippen LogP contribution in [0.2, 0.25) is 0 Å². The molecular formula is C14H31N3. The molecule has 17 heavy (non-hydrogen) atoms. The van der Waals surface area contributed by atoms with Gasteiger partial charge in [-0.1, -0.05) is 0 Å². The van der Waals surface area contributed by atoms with Crippen LogP contribution in [0.25, 0.3) is 0 Å². The second-order valence-corrected chi connectivity index (χ2v) is 5.58. The van der Waals surface area contributed by atoms with E-state index in [2.05, 4.69) is 36.0 Å². The van der Waals surface area contributed by atoms with Crippen molar-refractivity contribution in [1.82, 2.24) is 15.1 Å². The number of rotatable bonds is 9. The van der Waals surface area contributed by atoms with Gasteiger partial charge >= 0.3 is 0 Å². The number of hydrogen-bond acceptors (Lipinski definition) is 3. The maximum Gasteiger partial charge on any atom is 0.00355 e. The van der Waals surface area contributed by atoms with Crippen LogP contribution in [0.5, 0.6) is 0 Å². The van der Waals surface area contributed by atoms with Crippen molar-refractivity contribution in [3.63, 3.8) is 0 Å². The van der Waals surface area contributed by atoms with Gasteiger partial charge in [0.25, 0.3) is 0 Å². The maximum absolute atomic E-state index is 3.55. The molecule has 1 saturated heterocycles. The highest BCUT2D eigenvalue weighted by Gasteiger charge is 2.09. The fourth-order valence-corrected chi connectivity index (χ4v) is 2.27. The monoisotopic (exact) mass is 241 g/mol. The van der Waals surface area contributed by atoms with Crippen LogP contribution in [0.3, 0.4) is 0 Å². The van der Waals surface area contributed by atoms with Crippen molar-refractivity contribution in [3.8, 4) is 0 Å². The first-order valence-corrected chi connectivity index (χ1v) is 7.33. The van der Waals surface area contributed by atoms with Crippen LogP contribution in [-0.4, -0.2) is 62.2 Å². The predicted molar refractivity (Wildman–Crippen MR) is 75.5 cm³/mol. The van der Waals surface area contributed by atoms with Crippen LogP contribution in [0.4, 0.5) is 0 Å². The molecule has 0 aromatic carbocycles. The van der Waals surface area contributed by atoms with Gasteiger partial charge in [-0.3, -0.25) is 0 Å². The summed E-state index contributed by atoms with van der Waals surface area (Å²) in [6.07, 6.45) is 5.39. The number of likely N-dealkylation sites (tertiary alicyclic amines) is 1. The van der Waals surface area contributed by atoms with Crippen LogP contribution < -0.4 is 5.32 Å². The molecule has 3 heteroatoms. The van der Waals surface area contributed by atoms with Crippen LogP contribution in [-0.2, 0) is 0 Å². The Morgan fingerprint density at radius 1 is 1.12 bits per heavy atom. The quantitative estimate of drug-likeness (QED) is 0.621. The molecule has 0 bridgehead atoms. The van der Waals surface area contributed by atoms with Crippen molar-refractivity contribution in [2.75, 3.05) is 46.3 Å². The Kier molecular flexibility index (Phi) is 7.82. The summed E-state index contributed by atoms with van der Waals surface area (Å²) in [6, 6.07) is 0.671. The summed E-state index contributed by atoms with van der Waals surface area (Å²) in [5.74, 6) is 0. The van der Waals surface area contributed by atoms with Crippen molar-refractivity contribution in [2.24, 2.45) is 0 Å². The molecule has 3 nitrogen and oxygen atoms in total. The predicted octanol–water partition coefficient (Wildman–Crippen LogP) is 1.79. The van der Waals surface area contributed by atoms with Crippen LogP contribution in [0.1, 0.15) is 39.5 Å². The van der Waals surface area contributed by atoms with Crippen molar-refractivity contribution in [2.45, 2.75) is 45.6 Å². The van der Waals surface area contributed by atoms with E-state index in [4.69, 9.17) is 0 Å². The van der Waals surface area contributed by atoms with Crippen molar-refractivity contribution in [1.29, 1.82) is 0 Å². The highest BCUT2D eigenvalue weighted by atomic mass is 15.1. The number of nitrogens with zero attached hydrogens (tertiary/aromatic N) is 2. The van der Waals surface area contributed by atoms with E-state index in [-0.39, 0.29) is 0 Å². The molecule has 1 aliphatic heterocycles. The Labute approximate surface area is 108 Å². The first-order valence-electron chi connectivity index (χ1n) is 7.33. The van der Waals surface area contributed by atoms with E-state index in [0.717, 1.165) is 6.54 Å². The molecule has 1 heterocycles. The molecule has 0 radical (unpaired) electrons. The summed E-state index contributed by atoms with van der Waals surface area (Å²) in [7, 11) is 2.21. The highest BCUT2D eigenvalue weighted by molar-refractivity contribution is 4.66. The maximum atomic E-state index is 3.55. The van der Waals surface area contributed by atoms with Crippen LogP contribution in [0.15, 0.2) is 0 Å². The summed E-state index contributed by atoms with van der Waals surface area (Å²) in [4.78, 5) is 5.00. The van der Waals surface area contributed by atoms with Gasteiger partial charge in [-0.25, -0.2) is 0 Å². The van der Waals surface area contributed by atoms with E-state index >= 15 is 0 Å². The molecule has 1 rings (SSSR count). The molecule has 0 spiro atoms. The van der Waals surface area contributed by atoms with Crippen molar-refractivity contribution >= 4 is 0 Å². The van der Waals surface area contributed by atoms with E-state index in [0.29, 0.717) is 6.04 Å². The van der Waals surface area contributed by atoms with Gasteiger partial charge < -0.3 is 15.1 Å². The smallest absolute Gasteiger partial charge is 0.00355 e. The lowest BCUT2D eigenvalue weighted by atomic mass is 10.3. The van der Waals surface area contributed by atoms with Gasteiger partial charge in [-0.2, -0.15) is 0 Å². The first-order chi connectivity index (χ1) is 8.20. The average Bonchev–Trinajstić information content (AvgIpc) is 2.80. The zero-order valence-corrected chi connectivity index (χ0v) is 12.0. The lowest BCUT2D eigenvalue weighted by Crippen LogP contribution is -2.30. The minimum Gasteiger partial charge on any atom is -0.317 e. The lowest BCUT2D eigenvalue weighted by Gasteiger charge is -2.20. The summed E-state index contributed by atoms with van der Waals surface area (Å²) >= 11 is 0. The Morgan fingerprint density at radius 2 is 1.76 bits per heavy atom. The summed E-state index contributed by atoms with van der Waals surface area (Å²) in [6.45, 7) is 12.0. The second kappa shape index (κ2) is 8.90. The van der Waals surface area contributed by atoms with Crippen LogP contribution >= 0.6 is 0 Å². The minimum absolute atomic E-state index is 0.671. The molecule has 1 fully saturated rings. The third-order valence-electron chi connectivity index (χ3n) is 3.77. The average molecular weight is 241 g/mol. The SMILES string of the molecule is CC(C)N(C)CCCNCCCN1CCCC1. The summed E-state index contributed by atoms with van der Waals surface area (Å²) in [5, 5.41) is 3.55. The Morgan fingerprint density at radius 3 is 2.41 bits per heavy atom. The summed E-state index contributed by atoms with van der Waals surface area (Å²) < 4.78 is 0. The molecule has 0 unspecified atom stereocenters. The van der Waals surface area contributed by atoms with E-state index in [1.54, 1.807) is 0 Å². The first kappa shape index (κ1) is 14.9. The second-order valence-electron chi connectivity index (χ2n) is 5.58. The van der Waals surface area contributed by atoms with Gasteiger partial charge in [0.1, 0.15) is 0 Å². The van der Waals surface area contributed by atoms with Crippen molar-refractivity contribution in [3.05, 3.63) is 0 Å². The highest BCUT2D eigenvalue weighted by Crippen LogP contribution is 2.06. The molecular weight excluding hydrogens is 210 g/mol. The largest absolute Gasteiger partial charge is 0.317 e. The van der Waals surface area contributed by atoms with Gasteiger partial charge in [-0.15, -0.1) is 0 Å². The Balaban J connectivity index is 1.81. The lowest BCUT2D eigenvalue weighted by molar-refractivity contribution is 0.269. The van der Waals surface area contributed by atoms with E-state index in [1.165, 1.54) is 58.4 Å². The number of nitrogens with one attached hydrogen (secondary N) is 1. The third-order valence-corrected chi connectivity index (χ3v) is 3.77.